The maximum atomic E-state index is 13.3. The summed E-state index contributed by atoms with van der Waals surface area (Å²) in [6, 6.07) is 17.0. The van der Waals surface area contributed by atoms with Crippen molar-refractivity contribution >= 4 is 44.1 Å². The van der Waals surface area contributed by atoms with Crippen LogP contribution in [0.1, 0.15) is 11.8 Å². The van der Waals surface area contributed by atoms with E-state index < -0.39 is 5.91 Å². The lowest BCUT2D eigenvalue weighted by Gasteiger charge is -2.04. The van der Waals surface area contributed by atoms with Gasteiger partial charge in [-0.3, -0.25) is 14.2 Å². The molecule has 1 N–H and O–H groups in total. The van der Waals surface area contributed by atoms with Crippen molar-refractivity contribution in [2.75, 3.05) is 0 Å². The molecule has 0 unspecified atom stereocenters. The summed E-state index contributed by atoms with van der Waals surface area (Å²) in [4.78, 5) is 31.9. The fourth-order valence-electron chi connectivity index (χ4n) is 4.18. The molecule has 3 aromatic heterocycles. The van der Waals surface area contributed by atoms with Gasteiger partial charge in [0.1, 0.15) is 11.4 Å². The van der Waals surface area contributed by atoms with Crippen molar-refractivity contribution in [2.45, 2.75) is 26.9 Å². The van der Waals surface area contributed by atoms with Gasteiger partial charge >= 0.3 is 0 Å². The second kappa shape index (κ2) is 8.68. The molecule has 0 bridgehead atoms. The largest absolute Gasteiger partial charge is 0.493 e. The van der Waals surface area contributed by atoms with Crippen molar-refractivity contribution in [2.24, 2.45) is 10.2 Å². The van der Waals surface area contributed by atoms with Crippen LogP contribution in [0.2, 0.25) is 0 Å². The molecule has 0 spiro atoms. The fraction of sp³-hybridized carbons (Fsp3) is 0.160. The molecular formula is C25H21N5O3S. The van der Waals surface area contributed by atoms with Gasteiger partial charge in [-0.05, 0) is 25.5 Å². The smallest absolute Gasteiger partial charge is 0.284 e. The first-order chi connectivity index (χ1) is 16.5. The van der Waals surface area contributed by atoms with E-state index >= 15 is 0 Å². The van der Waals surface area contributed by atoms with Crippen molar-refractivity contribution in [1.82, 2.24) is 14.1 Å². The van der Waals surface area contributed by atoms with Crippen molar-refractivity contribution < 1.29 is 9.90 Å². The van der Waals surface area contributed by atoms with Gasteiger partial charge in [-0.15, -0.1) is 21.6 Å². The first kappa shape index (κ1) is 21.7. The molecule has 0 saturated carbocycles. The van der Waals surface area contributed by atoms with E-state index in [1.165, 1.54) is 22.2 Å². The number of thiophene rings is 1. The topological polar surface area (TPSA) is 102 Å². The van der Waals surface area contributed by atoms with Crippen molar-refractivity contribution in [1.29, 1.82) is 0 Å². The Bertz CT molecular complexity index is 1630. The minimum atomic E-state index is -0.621. The van der Waals surface area contributed by atoms with E-state index in [-0.39, 0.29) is 23.7 Å². The van der Waals surface area contributed by atoms with Crippen LogP contribution in [-0.4, -0.2) is 25.1 Å². The standard InChI is InChI=1S/C25H21N5O3S/c1-3-30-18-12-8-7-11-17(18)22(25(30)33)28-27-19(31)13-29-14-26-23-21(24(29)32)20(15(2)34-23)16-9-5-4-6-10-16/h4-12,14,33H,3,13H2,1-2H3. The molecule has 9 heteroatoms. The van der Waals surface area contributed by atoms with Gasteiger partial charge in [0.25, 0.3) is 11.5 Å². The molecule has 2 aromatic carbocycles. The van der Waals surface area contributed by atoms with Crippen LogP contribution in [0.4, 0.5) is 5.69 Å². The number of para-hydroxylation sites is 1. The monoisotopic (exact) mass is 471 g/mol. The van der Waals surface area contributed by atoms with E-state index in [9.17, 15) is 14.7 Å². The summed E-state index contributed by atoms with van der Waals surface area (Å²) in [5.74, 6) is -0.675. The second-order valence-corrected chi connectivity index (χ2v) is 8.99. The number of rotatable bonds is 5. The first-order valence-corrected chi connectivity index (χ1v) is 11.6. The number of fused-ring (bicyclic) bond motifs is 2. The van der Waals surface area contributed by atoms with Gasteiger partial charge < -0.3 is 9.67 Å². The molecule has 1 amide bonds. The Labute approximate surface area is 198 Å². The average Bonchev–Trinajstić information content (AvgIpc) is 3.33. The summed E-state index contributed by atoms with van der Waals surface area (Å²) in [5.41, 5.74) is 2.49. The van der Waals surface area contributed by atoms with E-state index in [4.69, 9.17) is 0 Å². The van der Waals surface area contributed by atoms with Gasteiger partial charge in [-0.1, -0.05) is 48.5 Å². The minimum absolute atomic E-state index is 0.0539. The number of benzene rings is 2. The zero-order valence-electron chi connectivity index (χ0n) is 18.6. The lowest BCUT2D eigenvalue weighted by atomic mass is 10.0. The minimum Gasteiger partial charge on any atom is -0.493 e. The number of carbonyl (C=O) groups is 1. The zero-order chi connectivity index (χ0) is 23.8. The number of amides is 1. The van der Waals surface area contributed by atoms with E-state index in [1.54, 1.807) is 4.57 Å². The summed E-state index contributed by atoms with van der Waals surface area (Å²) in [6.07, 6.45) is 1.36. The number of nitrogens with zero attached hydrogens (tertiary/aromatic N) is 5. The Morgan fingerprint density at radius 3 is 2.62 bits per heavy atom. The third-order valence-corrected chi connectivity index (χ3v) is 6.73. The summed E-state index contributed by atoms with van der Waals surface area (Å²) < 4.78 is 2.94. The maximum Gasteiger partial charge on any atom is 0.284 e. The summed E-state index contributed by atoms with van der Waals surface area (Å²) in [6.45, 7) is 4.10. The Morgan fingerprint density at radius 1 is 1.12 bits per heavy atom. The lowest BCUT2D eigenvalue weighted by molar-refractivity contribution is -0.118. The molecule has 0 atom stereocenters. The SMILES string of the molecule is CCn1c(O)c(N=NC(=O)Cn2cnc3sc(C)c(-c4ccccc4)c3c2=O)c2ccccc21. The third-order valence-electron chi connectivity index (χ3n) is 5.72. The lowest BCUT2D eigenvalue weighted by Crippen LogP contribution is -2.23. The highest BCUT2D eigenvalue weighted by Crippen LogP contribution is 2.38. The quantitative estimate of drug-likeness (QED) is 0.346. The summed E-state index contributed by atoms with van der Waals surface area (Å²) >= 11 is 1.45. The molecule has 0 aliphatic rings. The molecule has 0 saturated heterocycles. The predicted octanol–water partition coefficient (Wildman–Crippen LogP) is 5.42. The Hall–Kier alpha value is -4.11. The van der Waals surface area contributed by atoms with Gasteiger partial charge in [-0.25, -0.2) is 4.98 Å². The van der Waals surface area contributed by atoms with E-state index in [2.05, 4.69) is 15.2 Å². The van der Waals surface area contributed by atoms with Crippen LogP contribution < -0.4 is 5.56 Å². The number of carbonyl (C=O) groups excluding carboxylic acids is 1. The number of aromatic nitrogens is 3. The summed E-state index contributed by atoms with van der Waals surface area (Å²) in [7, 11) is 0. The number of azo groups is 1. The molecule has 3 heterocycles. The van der Waals surface area contributed by atoms with Gasteiger partial charge in [0.2, 0.25) is 5.88 Å². The number of hydrogen-bond donors (Lipinski definition) is 1. The molecule has 0 aliphatic heterocycles. The van der Waals surface area contributed by atoms with Crippen LogP contribution in [-0.2, 0) is 17.9 Å². The number of aryl methyl sites for hydroxylation is 2. The highest BCUT2D eigenvalue weighted by Gasteiger charge is 2.18. The molecule has 8 nitrogen and oxygen atoms in total. The summed E-state index contributed by atoms with van der Waals surface area (Å²) in [5, 5.41) is 19.6. The van der Waals surface area contributed by atoms with Crippen molar-refractivity contribution in [3.63, 3.8) is 0 Å². The molecular weight excluding hydrogens is 450 g/mol. The normalized spacial score (nSPS) is 11.7. The second-order valence-electron chi connectivity index (χ2n) is 7.78. The molecule has 5 rings (SSSR count). The highest BCUT2D eigenvalue weighted by atomic mass is 32.1. The number of hydrogen-bond acceptors (Lipinski definition) is 6. The molecule has 34 heavy (non-hydrogen) atoms. The van der Waals surface area contributed by atoms with Crippen LogP contribution in [0, 0.1) is 6.92 Å². The Kier molecular flexibility index (Phi) is 5.54. The van der Waals surface area contributed by atoms with E-state index in [0.29, 0.717) is 22.1 Å². The van der Waals surface area contributed by atoms with Crippen LogP contribution >= 0.6 is 11.3 Å². The van der Waals surface area contributed by atoms with Gasteiger partial charge in [0.05, 0.1) is 17.2 Å². The van der Waals surface area contributed by atoms with Crippen LogP contribution in [0.3, 0.4) is 0 Å². The average molecular weight is 472 g/mol. The third kappa shape index (κ3) is 3.60. The predicted molar refractivity (Wildman–Crippen MR) is 133 cm³/mol. The van der Waals surface area contributed by atoms with Gasteiger partial charge in [0.15, 0.2) is 5.69 Å². The molecule has 170 valence electrons. The molecule has 0 fully saturated rings. The van der Waals surface area contributed by atoms with Crippen molar-refractivity contribution in [3.8, 4) is 17.0 Å². The Morgan fingerprint density at radius 2 is 1.85 bits per heavy atom. The Balaban J connectivity index is 1.49. The van der Waals surface area contributed by atoms with Gasteiger partial charge in [-0.2, -0.15) is 0 Å². The van der Waals surface area contributed by atoms with Gasteiger partial charge in [0, 0.05) is 22.4 Å². The molecule has 0 aliphatic carbocycles. The van der Waals surface area contributed by atoms with E-state index in [0.717, 1.165) is 21.5 Å². The van der Waals surface area contributed by atoms with Crippen molar-refractivity contribution in [3.05, 3.63) is 76.2 Å². The highest BCUT2D eigenvalue weighted by molar-refractivity contribution is 7.19. The fourth-order valence-corrected chi connectivity index (χ4v) is 5.18. The first-order valence-electron chi connectivity index (χ1n) is 10.8. The zero-order valence-corrected chi connectivity index (χ0v) is 19.4. The molecule has 5 aromatic rings. The number of aromatic hydroxyl groups is 1. The molecule has 0 radical (unpaired) electrons. The van der Waals surface area contributed by atoms with Crippen LogP contribution in [0.25, 0.3) is 32.2 Å². The van der Waals surface area contributed by atoms with Crippen LogP contribution in [0.15, 0.2) is 75.9 Å². The van der Waals surface area contributed by atoms with E-state index in [1.807, 2.05) is 68.4 Å². The van der Waals surface area contributed by atoms with Crippen LogP contribution in [0.5, 0.6) is 5.88 Å². The maximum absolute atomic E-state index is 13.3.